The van der Waals surface area contributed by atoms with E-state index in [0.29, 0.717) is 18.0 Å². The third kappa shape index (κ3) is 2.63. The Morgan fingerprint density at radius 1 is 1.32 bits per heavy atom. The van der Waals surface area contributed by atoms with Gasteiger partial charge in [-0.3, -0.25) is 9.59 Å². The molecule has 2 atom stereocenters. The van der Waals surface area contributed by atoms with Crippen molar-refractivity contribution in [1.29, 1.82) is 0 Å². The SMILES string of the molecule is O=C(N[C@H]1CCC[C@H]1C(=O)O)c1csc(C2CC2)n1. The number of nitrogens with one attached hydrogen (secondary N) is 1. The summed E-state index contributed by atoms with van der Waals surface area (Å²) in [5.74, 6) is -0.962. The molecule has 0 saturated heterocycles. The Morgan fingerprint density at radius 2 is 2.11 bits per heavy atom. The molecule has 0 unspecified atom stereocenters. The Morgan fingerprint density at radius 3 is 2.79 bits per heavy atom. The van der Waals surface area contributed by atoms with Crippen LogP contribution in [0.3, 0.4) is 0 Å². The number of carbonyl (C=O) groups is 2. The van der Waals surface area contributed by atoms with Gasteiger partial charge in [0.25, 0.3) is 5.91 Å². The fourth-order valence-electron chi connectivity index (χ4n) is 2.58. The monoisotopic (exact) mass is 280 g/mol. The van der Waals surface area contributed by atoms with E-state index in [2.05, 4.69) is 10.3 Å². The number of hydrogen-bond acceptors (Lipinski definition) is 4. The number of rotatable bonds is 4. The maximum Gasteiger partial charge on any atom is 0.308 e. The molecule has 2 N–H and O–H groups in total. The standard InChI is InChI=1S/C13H16N2O3S/c16-11(10-6-19-12(15-10)7-4-5-7)14-9-3-1-2-8(9)13(17)18/h6-9H,1-5H2,(H,14,16)(H,17,18)/t8-,9+/m1/s1. The summed E-state index contributed by atoms with van der Waals surface area (Å²) in [4.78, 5) is 27.5. The molecule has 2 fully saturated rings. The Balaban J connectivity index is 1.64. The van der Waals surface area contributed by atoms with E-state index in [1.165, 1.54) is 11.3 Å². The summed E-state index contributed by atoms with van der Waals surface area (Å²) in [5, 5.41) is 14.7. The number of carboxylic acid groups (broad SMARTS) is 1. The minimum Gasteiger partial charge on any atom is -0.481 e. The van der Waals surface area contributed by atoms with E-state index < -0.39 is 11.9 Å². The number of nitrogens with zero attached hydrogens (tertiary/aromatic N) is 1. The maximum atomic E-state index is 12.1. The van der Waals surface area contributed by atoms with E-state index in [1.807, 2.05) is 0 Å². The van der Waals surface area contributed by atoms with Gasteiger partial charge >= 0.3 is 5.97 Å². The fourth-order valence-corrected chi connectivity index (χ4v) is 3.55. The second-order valence-corrected chi connectivity index (χ2v) is 6.19. The molecule has 0 bridgehead atoms. The van der Waals surface area contributed by atoms with E-state index >= 15 is 0 Å². The van der Waals surface area contributed by atoms with Crippen LogP contribution in [0.15, 0.2) is 5.38 Å². The van der Waals surface area contributed by atoms with Gasteiger partial charge in [0.1, 0.15) is 5.69 Å². The maximum absolute atomic E-state index is 12.1. The number of carboxylic acids is 1. The van der Waals surface area contributed by atoms with Crippen LogP contribution in [0, 0.1) is 5.92 Å². The van der Waals surface area contributed by atoms with Gasteiger partial charge in [0, 0.05) is 17.3 Å². The van der Waals surface area contributed by atoms with Crippen LogP contribution in [-0.4, -0.2) is 28.0 Å². The third-order valence-electron chi connectivity index (χ3n) is 3.83. The van der Waals surface area contributed by atoms with Crippen LogP contribution in [0.5, 0.6) is 0 Å². The fraction of sp³-hybridized carbons (Fsp3) is 0.615. The highest BCUT2D eigenvalue weighted by molar-refractivity contribution is 7.10. The summed E-state index contributed by atoms with van der Waals surface area (Å²) in [6.45, 7) is 0. The van der Waals surface area contributed by atoms with Crippen LogP contribution in [0.2, 0.25) is 0 Å². The van der Waals surface area contributed by atoms with Gasteiger partial charge in [-0.2, -0.15) is 0 Å². The van der Waals surface area contributed by atoms with Crippen LogP contribution in [0.1, 0.15) is 53.5 Å². The van der Waals surface area contributed by atoms with Crippen LogP contribution in [0.4, 0.5) is 0 Å². The van der Waals surface area contributed by atoms with Crippen molar-refractivity contribution in [3.05, 3.63) is 16.1 Å². The first-order chi connectivity index (χ1) is 9.15. The highest BCUT2D eigenvalue weighted by atomic mass is 32.1. The van der Waals surface area contributed by atoms with E-state index in [-0.39, 0.29) is 11.9 Å². The number of thiazole rings is 1. The molecular weight excluding hydrogens is 264 g/mol. The van der Waals surface area contributed by atoms with Crippen molar-refractivity contribution in [2.75, 3.05) is 0 Å². The van der Waals surface area contributed by atoms with Gasteiger partial charge in [0.05, 0.1) is 10.9 Å². The first-order valence-electron chi connectivity index (χ1n) is 6.64. The van der Waals surface area contributed by atoms with Gasteiger partial charge in [0.2, 0.25) is 0 Å². The largest absolute Gasteiger partial charge is 0.481 e. The summed E-state index contributed by atoms with van der Waals surface area (Å²) >= 11 is 1.53. The van der Waals surface area contributed by atoms with Gasteiger partial charge < -0.3 is 10.4 Å². The van der Waals surface area contributed by atoms with Crippen molar-refractivity contribution in [3.8, 4) is 0 Å². The molecule has 0 spiro atoms. The number of hydrogen-bond donors (Lipinski definition) is 2. The van der Waals surface area contributed by atoms with E-state index in [4.69, 9.17) is 5.11 Å². The van der Waals surface area contributed by atoms with Gasteiger partial charge in [-0.25, -0.2) is 4.98 Å². The molecular formula is C13H16N2O3S. The zero-order valence-corrected chi connectivity index (χ0v) is 11.3. The van der Waals surface area contributed by atoms with Crippen molar-refractivity contribution in [1.82, 2.24) is 10.3 Å². The predicted octanol–water partition coefficient (Wildman–Crippen LogP) is 2.00. The quantitative estimate of drug-likeness (QED) is 0.884. The minimum atomic E-state index is -0.820. The highest BCUT2D eigenvalue weighted by Crippen LogP contribution is 2.41. The minimum absolute atomic E-state index is 0.235. The Kier molecular flexibility index (Phi) is 3.26. The van der Waals surface area contributed by atoms with Crippen LogP contribution in [-0.2, 0) is 4.79 Å². The van der Waals surface area contributed by atoms with Crippen LogP contribution >= 0.6 is 11.3 Å². The van der Waals surface area contributed by atoms with Crippen molar-refractivity contribution in [2.45, 2.75) is 44.1 Å². The molecule has 1 amide bonds. The Hall–Kier alpha value is -1.43. The molecule has 6 heteroatoms. The summed E-state index contributed by atoms with van der Waals surface area (Å²) in [5.41, 5.74) is 0.433. The first-order valence-corrected chi connectivity index (χ1v) is 7.52. The third-order valence-corrected chi connectivity index (χ3v) is 4.84. The Bertz CT molecular complexity index is 510. The average molecular weight is 280 g/mol. The molecule has 102 valence electrons. The van der Waals surface area contributed by atoms with Crippen LogP contribution < -0.4 is 5.32 Å². The average Bonchev–Trinajstić information content (AvgIpc) is 2.92. The lowest BCUT2D eigenvalue weighted by molar-refractivity contribution is -0.142. The number of carbonyl (C=O) groups excluding carboxylic acids is 1. The first kappa shape index (κ1) is 12.6. The summed E-state index contributed by atoms with van der Waals surface area (Å²) in [7, 11) is 0. The second-order valence-electron chi connectivity index (χ2n) is 5.30. The van der Waals surface area contributed by atoms with Crippen molar-refractivity contribution >= 4 is 23.2 Å². The molecule has 1 aromatic heterocycles. The molecule has 1 heterocycles. The second kappa shape index (κ2) is 4.92. The van der Waals surface area contributed by atoms with Crippen molar-refractivity contribution < 1.29 is 14.7 Å². The van der Waals surface area contributed by atoms with Gasteiger partial charge in [-0.1, -0.05) is 6.42 Å². The number of aromatic nitrogens is 1. The Labute approximate surface area is 115 Å². The summed E-state index contributed by atoms with van der Waals surface area (Å²) < 4.78 is 0. The normalized spacial score (nSPS) is 26.3. The van der Waals surface area contributed by atoms with Crippen molar-refractivity contribution in [2.24, 2.45) is 5.92 Å². The number of aliphatic carboxylic acids is 1. The molecule has 2 aliphatic carbocycles. The predicted molar refractivity (Wildman–Crippen MR) is 70.3 cm³/mol. The topological polar surface area (TPSA) is 79.3 Å². The van der Waals surface area contributed by atoms with Gasteiger partial charge in [-0.05, 0) is 25.7 Å². The molecule has 3 rings (SSSR count). The van der Waals surface area contributed by atoms with Gasteiger partial charge in [-0.15, -0.1) is 11.3 Å². The number of amides is 1. The molecule has 5 nitrogen and oxygen atoms in total. The molecule has 0 aromatic carbocycles. The summed E-state index contributed by atoms with van der Waals surface area (Å²) in [6.07, 6.45) is 4.57. The van der Waals surface area contributed by atoms with Crippen LogP contribution in [0.25, 0.3) is 0 Å². The molecule has 19 heavy (non-hydrogen) atoms. The van der Waals surface area contributed by atoms with E-state index in [1.54, 1.807) is 5.38 Å². The lowest BCUT2D eigenvalue weighted by Crippen LogP contribution is -2.40. The molecule has 1 aromatic rings. The zero-order chi connectivity index (χ0) is 13.4. The van der Waals surface area contributed by atoms with E-state index in [9.17, 15) is 9.59 Å². The van der Waals surface area contributed by atoms with E-state index in [0.717, 1.165) is 30.7 Å². The summed E-state index contributed by atoms with van der Waals surface area (Å²) in [6, 6.07) is -0.254. The molecule has 0 radical (unpaired) electrons. The lowest BCUT2D eigenvalue weighted by Gasteiger charge is -2.16. The smallest absolute Gasteiger partial charge is 0.308 e. The zero-order valence-electron chi connectivity index (χ0n) is 10.5. The highest BCUT2D eigenvalue weighted by Gasteiger charge is 2.34. The van der Waals surface area contributed by atoms with Crippen molar-refractivity contribution in [3.63, 3.8) is 0 Å². The molecule has 0 aliphatic heterocycles. The van der Waals surface area contributed by atoms with Gasteiger partial charge in [0.15, 0.2) is 0 Å². The lowest BCUT2D eigenvalue weighted by atomic mass is 10.0. The molecule has 2 aliphatic rings. The molecule has 2 saturated carbocycles.